The molecule has 1 aliphatic heterocycles. The van der Waals surface area contributed by atoms with E-state index in [0.717, 1.165) is 28.9 Å². The molecule has 3 heterocycles. The standard InChI is InChI=1S/C10H10ClIN4O/c11-8-7-9(14-5-13-8)16(10(12)15-7)6-3-1-2-4-17-6/h5-6H,1-4H2. The van der Waals surface area contributed by atoms with E-state index >= 15 is 0 Å². The lowest BCUT2D eigenvalue weighted by Gasteiger charge is -2.24. The maximum Gasteiger partial charge on any atom is 0.175 e. The Balaban J connectivity index is 2.14. The summed E-state index contributed by atoms with van der Waals surface area (Å²) in [6, 6.07) is 0. The fraction of sp³-hybridized carbons (Fsp3) is 0.500. The van der Waals surface area contributed by atoms with Gasteiger partial charge in [0.25, 0.3) is 0 Å². The summed E-state index contributed by atoms with van der Waals surface area (Å²) in [5.41, 5.74) is 1.40. The molecule has 2 aromatic rings. The van der Waals surface area contributed by atoms with Gasteiger partial charge >= 0.3 is 0 Å². The fourth-order valence-electron chi connectivity index (χ4n) is 2.04. The van der Waals surface area contributed by atoms with Gasteiger partial charge in [0.15, 0.2) is 14.6 Å². The second kappa shape index (κ2) is 4.66. The average molecular weight is 365 g/mol. The molecule has 90 valence electrons. The van der Waals surface area contributed by atoms with Crippen LogP contribution < -0.4 is 0 Å². The number of hydrogen-bond acceptors (Lipinski definition) is 4. The van der Waals surface area contributed by atoms with Crippen molar-refractivity contribution in [1.29, 1.82) is 0 Å². The first-order chi connectivity index (χ1) is 8.27. The molecular weight excluding hydrogens is 354 g/mol. The molecule has 1 aliphatic rings. The van der Waals surface area contributed by atoms with E-state index in [1.807, 2.05) is 4.57 Å². The Morgan fingerprint density at radius 2 is 2.29 bits per heavy atom. The van der Waals surface area contributed by atoms with Crippen LogP contribution in [0.4, 0.5) is 0 Å². The number of hydrogen-bond donors (Lipinski definition) is 0. The van der Waals surface area contributed by atoms with Gasteiger partial charge in [-0.25, -0.2) is 15.0 Å². The summed E-state index contributed by atoms with van der Waals surface area (Å²) in [5, 5.41) is 0.391. The fourth-order valence-corrected chi connectivity index (χ4v) is 2.99. The number of ether oxygens (including phenoxy) is 1. The summed E-state index contributed by atoms with van der Waals surface area (Å²) in [6.07, 6.45) is 4.76. The SMILES string of the molecule is Clc1ncnc2c1nc(I)n2C1CCCCO1. The molecule has 7 heteroatoms. The lowest BCUT2D eigenvalue weighted by molar-refractivity contribution is -0.0313. The van der Waals surface area contributed by atoms with Crippen molar-refractivity contribution in [3.63, 3.8) is 0 Å². The number of nitrogens with zero attached hydrogens (tertiary/aromatic N) is 4. The van der Waals surface area contributed by atoms with Gasteiger partial charge in [0.1, 0.15) is 18.1 Å². The minimum Gasteiger partial charge on any atom is -0.358 e. The highest BCUT2D eigenvalue weighted by molar-refractivity contribution is 14.1. The van der Waals surface area contributed by atoms with Crippen LogP contribution >= 0.6 is 34.2 Å². The van der Waals surface area contributed by atoms with Crippen LogP contribution in [0.25, 0.3) is 11.2 Å². The largest absolute Gasteiger partial charge is 0.358 e. The van der Waals surface area contributed by atoms with Crippen LogP contribution in [-0.2, 0) is 4.74 Å². The minimum absolute atomic E-state index is 0.0200. The molecule has 0 radical (unpaired) electrons. The van der Waals surface area contributed by atoms with E-state index in [-0.39, 0.29) is 6.23 Å². The average Bonchev–Trinajstić information content (AvgIpc) is 2.68. The van der Waals surface area contributed by atoms with Gasteiger partial charge in [-0.2, -0.15) is 0 Å². The Bertz CT molecular complexity index is 552. The van der Waals surface area contributed by atoms with Crippen LogP contribution in [0.2, 0.25) is 5.15 Å². The second-order valence-electron chi connectivity index (χ2n) is 3.91. The zero-order valence-corrected chi connectivity index (χ0v) is 11.8. The van der Waals surface area contributed by atoms with Crippen molar-refractivity contribution in [2.24, 2.45) is 0 Å². The molecule has 0 bridgehead atoms. The third kappa shape index (κ3) is 2.02. The number of halogens is 2. The third-order valence-electron chi connectivity index (χ3n) is 2.83. The first-order valence-corrected chi connectivity index (χ1v) is 6.88. The molecular formula is C10H10ClIN4O. The normalized spacial score (nSPS) is 20.9. The molecule has 0 N–H and O–H groups in total. The second-order valence-corrected chi connectivity index (χ2v) is 5.23. The molecule has 1 unspecified atom stereocenters. The van der Waals surface area contributed by atoms with E-state index < -0.39 is 0 Å². The lowest BCUT2D eigenvalue weighted by atomic mass is 10.2. The smallest absolute Gasteiger partial charge is 0.175 e. The Kier molecular flexibility index (Phi) is 3.18. The highest BCUT2D eigenvalue weighted by Crippen LogP contribution is 2.29. The summed E-state index contributed by atoms with van der Waals surface area (Å²) in [4.78, 5) is 12.6. The number of fused-ring (bicyclic) bond motifs is 1. The van der Waals surface area contributed by atoms with Gasteiger partial charge < -0.3 is 4.74 Å². The molecule has 0 amide bonds. The number of imidazole rings is 1. The zero-order valence-electron chi connectivity index (χ0n) is 8.94. The van der Waals surface area contributed by atoms with Gasteiger partial charge in [0, 0.05) is 29.2 Å². The van der Waals surface area contributed by atoms with Gasteiger partial charge in [-0.15, -0.1) is 0 Å². The van der Waals surface area contributed by atoms with Crippen molar-refractivity contribution in [1.82, 2.24) is 19.5 Å². The predicted octanol–water partition coefficient (Wildman–Crippen LogP) is 2.78. The Hall–Kier alpha value is -0.470. The Morgan fingerprint density at radius 1 is 1.41 bits per heavy atom. The van der Waals surface area contributed by atoms with Crippen molar-refractivity contribution >= 4 is 45.4 Å². The predicted molar refractivity (Wildman–Crippen MR) is 71.9 cm³/mol. The van der Waals surface area contributed by atoms with E-state index in [4.69, 9.17) is 16.3 Å². The van der Waals surface area contributed by atoms with Crippen LogP contribution in [-0.4, -0.2) is 26.1 Å². The topological polar surface area (TPSA) is 52.8 Å². The van der Waals surface area contributed by atoms with Crippen molar-refractivity contribution < 1.29 is 4.74 Å². The van der Waals surface area contributed by atoms with Gasteiger partial charge in [-0.3, -0.25) is 4.57 Å². The summed E-state index contributed by atoms with van der Waals surface area (Å²) in [5.74, 6) is 0. The van der Waals surface area contributed by atoms with E-state index in [1.165, 1.54) is 12.7 Å². The van der Waals surface area contributed by atoms with Crippen LogP contribution in [0.5, 0.6) is 0 Å². The Morgan fingerprint density at radius 3 is 3.06 bits per heavy atom. The number of aromatic nitrogens is 4. The van der Waals surface area contributed by atoms with Crippen molar-refractivity contribution in [2.45, 2.75) is 25.5 Å². The maximum atomic E-state index is 6.01. The first kappa shape index (κ1) is 11.6. The lowest BCUT2D eigenvalue weighted by Crippen LogP contribution is -2.19. The molecule has 1 fully saturated rings. The highest BCUT2D eigenvalue weighted by Gasteiger charge is 2.22. The quantitative estimate of drug-likeness (QED) is 0.444. The minimum atomic E-state index is 0.0200. The van der Waals surface area contributed by atoms with Crippen LogP contribution in [0.15, 0.2) is 6.33 Å². The zero-order chi connectivity index (χ0) is 11.8. The molecule has 0 aliphatic carbocycles. The maximum absolute atomic E-state index is 6.01. The van der Waals surface area contributed by atoms with Crippen LogP contribution in [0.1, 0.15) is 25.5 Å². The van der Waals surface area contributed by atoms with Gasteiger partial charge in [-0.05, 0) is 19.3 Å². The monoisotopic (exact) mass is 364 g/mol. The molecule has 0 aromatic carbocycles. The van der Waals surface area contributed by atoms with Crippen molar-refractivity contribution in [3.05, 3.63) is 15.3 Å². The summed E-state index contributed by atoms with van der Waals surface area (Å²) < 4.78 is 8.61. The highest BCUT2D eigenvalue weighted by atomic mass is 127. The molecule has 1 saturated heterocycles. The summed E-state index contributed by atoms with van der Waals surface area (Å²) >= 11 is 8.19. The molecule has 2 aromatic heterocycles. The molecule has 5 nitrogen and oxygen atoms in total. The molecule has 0 saturated carbocycles. The van der Waals surface area contributed by atoms with Crippen LogP contribution in [0, 0.1) is 3.83 Å². The van der Waals surface area contributed by atoms with Crippen LogP contribution in [0.3, 0.4) is 0 Å². The Labute approximate surface area is 117 Å². The van der Waals surface area contributed by atoms with Crippen molar-refractivity contribution in [3.8, 4) is 0 Å². The first-order valence-electron chi connectivity index (χ1n) is 5.43. The van der Waals surface area contributed by atoms with Crippen molar-refractivity contribution in [2.75, 3.05) is 6.61 Å². The molecule has 1 atom stereocenters. The van der Waals surface area contributed by atoms with E-state index in [2.05, 4.69) is 37.5 Å². The van der Waals surface area contributed by atoms with E-state index in [0.29, 0.717) is 10.7 Å². The number of rotatable bonds is 1. The van der Waals surface area contributed by atoms with E-state index in [1.54, 1.807) is 0 Å². The summed E-state index contributed by atoms with van der Waals surface area (Å²) in [7, 11) is 0. The van der Waals surface area contributed by atoms with Gasteiger partial charge in [0.05, 0.1) is 0 Å². The third-order valence-corrected chi connectivity index (χ3v) is 3.87. The molecule has 0 spiro atoms. The molecule has 3 rings (SSSR count). The van der Waals surface area contributed by atoms with Gasteiger partial charge in [-0.1, -0.05) is 11.6 Å². The van der Waals surface area contributed by atoms with E-state index in [9.17, 15) is 0 Å². The van der Waals surface area contributed by atoms with Gasteiger partial charge in [0.2, 0.25) is 0 Å². The summed E-state index contributed by atoms with van der Waals surface area (Å²) in [6.45, 7) is 0.791. The molecule has 17 heavy (non-hydrogen) atoms.